The van der Waals surface area contributed by atoms with Gasteiger partial charge in [0.05, 0.1) is 24.3 Å². The Bertz CT molecular complexity index is 1070. The summed E-state index contributed by atoms with van der Waals surface area (Å²) in [6, 6.07) is 18.6. The molecule has 0 atom stereocenters. The quantitative estimate of drug-likeness (QED) is 0.541. The summed E-state index contributed by atoms with van der Waals surface area (Å²) < 4.78 is 5.90. The maximum atomic E-state index is 12.6. The molecule has 2 aromatic carbocycles. The lowest BCUT2D eigenvalue weighted by Gasteiger charge is -2.16. The zero-order valence-electron chi connectivity index (χ0n) is 17.2. The molecule has 0 unspecified atom stereocenters. The number of hydrogen-bond donors (Lipinski definition) is 2. The van der Waals surface area contributed by atoms with Crippen molar-refractivity contribution in [3.8, 4) is 11.3 Å². The molecular weight excluding hydrogens is 414 g/mol. The second-order valence-electron chi connectivity index (χ2n) is 7.79. The highest BCUT2D eigenvalue weighted by molar-refractivity contribution is 6.30. The molecule has 1 aliphatic rings. The highest BCUT2D eigenvalue weighted by atomic mass is 35.5. The third-order valence-electron chi connectivity index (χ3n) is 4.99. The minimum absolute atomic E-state index is 0.155. The number of rotatable bonds is 8. The van der Waals surface area contributed by atoms with E-state index in [1.54, 1.807) is 24.3 Å². The first kappa shape index (κ1) is 21.2. The minimum Gasteiger partial charge on any atom is -0.460 e. The van der Waals surface area contributed by atoms with Gasteiger partial charge in [0.25, 0.3) is 5.91 Å². The van der Waals surface area contributed by atoms with E-state index >= 15 is 0 Å². The van der Waals surface area contributed by atoms with Crippen LogP contribution in [0.2, 0.25) is 5.02 Å². The van der Waals surface area contributed by atoms with Crippen LogP contribution >= 0.6 is 11.6 Å². The Labute approximate surface area is 186 Å². The molecule has 7 heteroatoms. The standard InChI is InChI=1S/C24H24ClN3O3/c1-28(14-19-12-13-22(31-19)16-6-8-17(25)9-7-16)15-23(29)27-21-5-3-2-4-20(21)24(30)26-18-10-11-18/h2-9,12-13,18H,10-11,14-15H2,1H3,(H,26,30)(H,27,29). The molecule has 0 aliphatic heterocycles. The van der Waals surface area contributed by atoms with Crippen molar-refractivity contribution >= 4 is 29.1 Å². The third kappa shape index (κ3) is 5.75. The van der Waals surface area contributed by atoms with Crippen molar-refractivity contribution in [3.63, 3.8) is 0 Å². The van der Waals surface area contributed by atoms with Crippen LogP contribution < -0.4 is 10.6 Å². The average molecular weight is 438 g/mol. The Morgan fingerprint density at radius 2 is 1.81 bits per heavy atom. The Morgan fingerprint density at radius 3 is 2.55 bits per heavy atom. The van der Waals surface area contributed by atoms with E-state index in [2.05, 4.69) is 10.6 Å². The Morgan fingerprint density at radius 1 is 1.06 bits per heavy atom. The molecule has 2 N–H and O–H groups in total. The lowest BCUT2D eigenvalue weighted by molar-refractivity contribution is -0.117. The van der Waals surface area contributed by atoms with Crippen molar-refractivity contribution in [1.82, 2.24) is 10.2 Å². The summed E-state index contributed by atoms with van der Waals surface area (Å²) in [4.78, 5) is 26.8. The molecule has 0 radical (unpaired) electrons. The first-order valence-electron chi connectivity index (χ1n) is 10.2. The number of benzene rings is 2. The molecule has 0 bridgehead atoms. The molecular formula is C24H24ClN3O3. The van der Waals surface area contributed by atoms with Gasteiger partial charge in [-0.3, -0.25) is 14.5 Å². The van der Waals surface area contributed by atoms with Crippen molar-refractivity contribution in [1.29, 1.82) is 0 Å². The van der Waals surface area contributed by atoms with Crippen LogP contribution in [-0.4, -0.2) is 36.3 Å². The molecule has 1 heterocycles. The minimum atomic E-state index is -0.196. The summed E-state index contributed by atoms with van der Waals surface area (Å²) in [5.41, 5.74) is 1.93. The maximum Gasteiger partial charge on any atom is 0.253 e. The fraction of sp³-hybridized carbons (Fsp3) is 0.250. The van der Waals surface area contributed by atoms with Crippen molar-refractivity contribution in [2.45, 2.75) is 25.4 Å². The monoisotopic (exact) mass is 437 g/mol. The van der Waals surface area contributed by atoms with Crippen LogP contribution in [0.4, 0.5) is 5.69 Å². The van der Waals surface area contributed by atoms with Gasteiger partial charge in [-0.25, -0.2) is 0 Å². The molecule has 1 aliphatic carbocycles. The van der Waals surface area contributed by atoms with Crippen LogP contribution in [-0.2, 0) is 11.3 Å². The SMILES string of the molecule is CN(CC(=O)Nc1ccccc1C(=O)NC1CC1)Cc1ccc(-c2ccc(Cl)cc2)o1. The maximum absolute atomic E-state index is 12.6. The van der Waals surface area contributed by atoms with Crippen LogP contribution in [0, 0.1) is 0 Å². The molecule has 31 heavy (non-hydrogen) atoms. The van der Waals surface area contributed by atoms with E-state index in [4.69, 9.17) is 16.0 Å². The molecule has 160 valence electrons. The lowest BCUT2D eigenvalue weighted by atomic mass is 10.1. The molecule has 6 nitrogen and oxygen atoms in total. The largest absolute Gasteiger partial charge is 0.460 e. The summed E-state index contributed by atoms with van der Waals surface area (Å²) in [5, 5.41) is 6.48. The smallest absolute Gasteiger partial charge is 0.253 e. The number of anilines is 1. The molecule has 1 saturated carbocycles. The van der Waals surface area contributed by atoms with Gasteiger partial charge in [-0.1, -0.05) is 23.7 Å². The van der Waals surface area contributed by atoms with Crippen molar-refractivity contribution in [2.24, 2.45) is 0 Å². The van der Waals surface area contributed by atoms with E-state index < -0.39 is 0 Å². The van der Waals surface area contributed by atoms with Gasteiger partial charge in [0.15, 0.2) is 0 Å². The summed E-state index contributed by atoms with van der Waals surface area (Å²) in [6.07, 6.45) is 2.02. The number of likely N-dealkylation sites (N-methyl/N-ethyl adjacent to an activating group) is 1. The number of furan rings is 1. The highest BCUT2D eigenvalue weighted by Crippen LogP contribution is 2.24. The summed E-state index contributed by atoms with van der Waals surface area (Å²) >= 11 is 5.93. The highest BCUT2D eigenvalue weighted by Gasteiger charge is 2.25. The third-order valence-corrected chi connectivity index (χ3v) is 5.24. The molecule has 0 saturated heterocycles. The topological polar surface area (TPSA) is 74.6 Å². The first-order chi connectivity index (χ1) is 15.0. The zero-order valence-corrected chi connectivity index (χ0v) is 18.0. The normalized spacial score (nSPS) is 13.3. The predicted molar refractivity (Wildman–Crippen MR) is 121 cm³/mol. The zero-order chi connectivity index (χ0) is 21.8. The van der Waals surface area contributed by atoms with Gasteiger partial charge >= 0.3 is 0 Å². The summed E-state index contributed by atoms with van der Waals surface area (Å²) in [5.74, 6) is 1.15. The molecule has 2 amide bonds. The molecule has 1 fully saturated rings. The van der Waals surface area contributed by atoms with Gasteiger partial charge in [-0.2, -0.15) is 0 Å². The predicted octanol–water partition coefficient (Wildman–Crippen LogP) is 4.56. The van der Waals surface area contributed by atoms with E-state index in [9.17, 15) is 9.59 Å². The number of carbonyl (C=O) groups is 2. The van der Waals surface area contributed by atoms with Gasteiger partial charge in [-0.05, 0) is 68.4 Å². The molecule has 4 rings (SSSR count). The van der Waals surface area contributed by atoms with Gasteiger partial charge in [0, 0.05) is 16.6 Å². The van der Waals surface area contributed by atoms with Crippen LogP contribution in [0.1, 0.15) is 29.0 Å². The van der Waals surface area contributed by atoms with Gasteiger partial charge in [0.2, 0.25) is 5.91 Å². The van der Waals surface area contributed by atoms with Crippen LogP contribution in [0.3, 0.4) is 0 Å². The second kappa shape index (κ2) is 9.37. The average Bonchev–Trinajstić information content (AvgIpc) is 3.44. The van der Waals surface area contributed by atoms with E-state index in [-0.39, 0.29) is 24.4 Å². The van der Waals surface area contributed by atoms with Gasteiger partial charge in [0.1, 0.15) is 11.5 Å². The van der Waals surface area contributed by atoms with Crippen LogP contribution in [0.15, 0.2) is 65.1 Å². The Hall–Kier alpha value is -3.09. The Balaban J connectivity index is 1.33. The molecule has 1 aromatic heterocycles. The summed E-state index contributed by atoms with van der Waals surface area (Å²) in [6.45, 7) is 0.639. The fourth-order valence-electron chi connectivity index (χ4n) is 3.27. The first-order valence-corrected chi connectivity index (χ1v) is 10.6. The number of nitrogens with one attached hydrogen (secondary N) is 2. The van der Waals surface area contributed by atoms with E-state index in [1.807, 2.05) is 48.3 Å². The van der Waals surface area contributed by atoms with Gasteiger partial charge < -0.3 is 15.1 Å². The number of carbonyl (C=O) groups excluding carboxylic acids is 2. The molecule has 3 aromatic rings. The number of halogens is 1. The Kier molecular flexibility index (Phi) is 6.39. The van der Waals surface area contributed by atoms with Crippen LogP contribution in [0.5, 0.6) is 0 Å². The number of amides is 2. The summed E-state index contributed by atoms with van der Waals surface area (Å²) in [7, 11) is 1.84. The van der Waals surface area contributed by atoms with Crippen molar-refractivity contribution in [2.75, 3.05) is 18.9 Å². The van der Waals surface area contributed by atoms with Crippen molar-refractivity contribution < 1.29 is 14.0 Å². The molecule has 0 spiro atoms. The number of hydrogen-bond acceptors (Lipinski definition) is 4. The van der Waals surface area contributed by atoms with E-state index in [0.717, 1.165) is 29.9 Å². The van der Waals surface area contributed by atoms with E-state index in [0.29, 0.717) is 22.8 Å². The number of nitrogens with zero attached hydrogens (tertiary/aromatic N) is 1. The lowest BCUT2D eigenvalue weighted by Crippen LogP contribution is -2.31. The van der Waals surface area contributed by atoms with Gasteiger partial charge in [-0.15, -0.1) is 0 Å². The second-order valence-corrected chi connectivity index (χ2v) is 8.22. The van der Waals surface area contributed by atoms with Crippen molar-refractivity contribution in [3.05, 3.63) is 77.0 Å². The fourth-order valence-corrected chi connectivity index (χ4v) is 3.40. The number of para-hydroxylation sites is 1. The van der Waals surface area contributed by atoms with Crippen LogP contribution in [0.25, 0.3) is 11.3 Å². The van der Waals surface area contributed by atoms with E-state index in [1.165, 1.54) is 0 Å².